The zero-order valence-corrected chi connectivity index (χ0v) is 12.6. The number of carbonyl (C=O) groups excluding carboxylic acids is 1. The van der Waals surface area contributed by atoms with Gasteiger partial charge in [0.2, 0.25) is 6.79 Å². The van der Waals surface area contributed by atoms with E-state index < -0.39 is 22.3 Å². The van der Waals surface area contributed by atoms with Gasteiger partial charge in [-0.2, -0.15) is 0 Å². The Kier molecular flexibility index (Phi) is 3.86. The summed E-state index contributed by atoms with van der Waals surface area (Å²) in [5, 5.41) is 23.6. The van der Waals surface area contributed by atoms with Gasteiger partial charge in [0.1, 0.15) is 10.5 Å². The van der Waals surface area contributed by atoms with E-state index in [9.17, 15) is 20.0 Å². The largest absolute Gasteiger partial charge is 0.454 e. The predicted molar refractivity (Wildman–Crippen MR) is 79.8 cm³/mol. The summed E-state index contributed by atoms with van der Waals surface area (Å²) in [7, 11) is 0. The molecule has 126 valence electrons. The molecule has 1 atom stereocenters. The average Bonchev–Trinajstić information content (AvgIpc) is 3.20. The Labute approximate surface area is 135 Å². The van der Waals surface area contributed by atoms with Crippen molar-refractivity contribution in [1.29, 1.82) is 0 Å². The fourth-order valence-corrected chi connectivity index (χ4v) is 2.22. The van der Waals surface area contributed by atoms with E-state index in [-0.39, 0.29) is 19.1 Å². The maximum absolute atomic E-state index is 12.0. The predicted octanol–water partition coefficient (Wildman–Crippen LogP) is 1.55. The van der Waals surface area contributed by atoms with Crippen LogP contribution < -0.4 is 14.8 Å². The molecule has 1 amide bonds. The number of hydrogen-bond acceptors (Lipinski definition) is 7. The van der Waals surface area contributed by atoms with Crippen molar-refractivity contribution in [2.75, 3.05) is 13.3 Å². The topological polar surface area (TPSA) is 124 Å². The summed E-state index contributed by atoms with van der Waals surface area (Å²) in [4.78, 5) is 21.8. The molecule has 0 fully saturated rings. The van der Waals surface area contributed by atoms with Gasteiger partial charge in [-0.1, -0.05) is 6.07 Å². The third kappa shape index (κ3) is 3.01. The molecular formula is C15H14N2O7. The highest BCUT2D eigenvalue weighted by Crippen LogP contribution is 2.35. The lowest BCUT2D eigenvalue weighted by Crippen LogP contribution is -2.38. The van der Waals surface area contributed by atoms with Crippen molar-refractivity contribution in [3.63, 3.8) is 0 Å². The maximum Gasteiger partial charge on any atom is 0.433 e. The van der Waals surface area contributed by atoms with Gasteiger partial charge in [-0.15, -0.1) is 0 Å². The molecule has 0 spiro atoms. The first-order chi connectivity index (χ1) is 11.4. The monoisotopic (exact) mass is 334 g/mol. The Morgan fingerprint density at radius 3 is 2.79 bits per heavy atom. The summed E-state index contributed by atoms with van der Waals surface area (Å²) in [5.74, 6) is -0.294. The third-order valence-electron chi connectivity index (χ3n) is 3.58. The fourth-order valence-electron chi connectivity index (χ4n) is 2.22. The minimum absolute atomic E-state index is 0.120. The van der Waals surface area contributed by atoms with Crippen molar-refractivity contribution >= 4 is 11.8 Å². The van der Waals surface area contributed by atoms with Crippen LogP contribution in [0, 0.1) is 10.1 Å². The van der Waals surface area contributed by atoms with Gasteiger partial charge in [-0.3, -0.25) is 14.9 Å². The first kappa shape index (κ1) is 15.8. The summed E-state index contributed by atoms with van der Waals surface area (Å²) in [6.45, 7) is 1.52. The van der Waals surface area contributed by atoms with Crippen LogP contribution in [0.3, 0.4) is 0 Å². The molecular weight excluding hydrogens is 320 g/mol. The second kappa shape index (κ2) is 5.85. The lowest BCUT2D eigenvalue weighted by atomic mass is 9.95. The zero-order chi connectivity index (χ0) is 17.3. The van der Waals surface area contributed by atoms with Gasteiger partial charge in [0.05, 0.1) is 12.6 Å². The Morgan fingerprint density at radius 2 is 2.08 bits per heavy atom. The van der Waals surface area contributed by atoms with E-state index in [1.807, 2.05) is 0 Å². The maximum atomic E-state index is 12.0. The number of aliphatic hydroxyl groups is 1. The minimum Gasteiger partial charge on any atom is -0.454 e. The summed E-state index contributed by atoms with van der Waals surface area (Å²) in [5.41, 5.74) is -0.854. The number of nitrogens with zero attached hydrogens (tertiary/aromatic N) is 1. The molecule has 2 aromatic rings. The Bertz CT molecular complexity index is 797. The van der Waals surface area contributed by atoms with Crippen molar-refractivity contribution in [2.24, 2.45) is 0 Å². The Hall–Kier alpha value is -3.07. The van der Waals surface area contributed by atoms with E-state index in [0.717, 1.165) is 6.07 Å². The fraction of sp³-hybridized carbons (Fsp3) is 0.267. The molecule has 1 aromatic carbocycles. The zero-order valence-electron chi connectivity index (χ0n) is 12.6. The van der Waals surface area contributed by atoms with Crippen molar-refractivity contribution in [2.45, 2.75) is 12.5 Å². The Balaban J connectivity index is 1.68. The molecule has 24 heavy (non-hydrogen) atoms. The molecule has 1 aliphatic rings. The number of furan rings is 1. The van der Waals surface area contributed by atoms with E-state index >= 15 is 0 Å². The molecule has 1 aromatic heterocycles. The second-order valence-electron chi connectivity index (χ2n) is 5.42. The minimum atomic E-state index is -1.38. The van der Waals surface area contributed by atoms with E-state index in [0.29, 0.717) is 17.1 Å². The summed E-state index contributed by atoms with van der Waals surface area (Å²) in [6.07, 6.45) is 0. The number of rotatable bonds is 5. The van der Waals surface area contributed by atoms with Crippen LogP contribution in [-0.4, -0.2) is 29.3 Å². The quantitative estimate of drug-likeness (QED) is 0.628. The van der Waals surface area contributed by atoms with E-state index in [4.69, 9.17) is 13.9 Å². The molecule has 0 bridgehead atoms. The van der Waals surface area contributed by atoms with Crippen LogP contribution in [0.25, 0.3) is 0 Å². The number of nitrogens with one attached hydrogen (secondary N) is 1. The van der Waals surface area contributed by atoms with Crippen LogP contribution in [0.5, 0.6) is 11.5 Å². The molecule has 0 radical (unpaired) electrons. The smallest absolute Gasteiger partial charge is 0.433 e. The lowest BCUT2D eigenvalue weighted by Gasteiger charge is -2.24. The first-order valence-electron chi connectivity index (χ1n) is 7.02. The van der Waals surface area contributed by atoms with Crippen LogP contribution in [-0.2, 0) is 5.60 Å². The normalized spacial score (nSPS) is 14.9. The van der Waals surface area contributed by atoms with Crippen LogP contribution in [0.1, 0.15) is 23.0 Å². The molecule has 3 rings (SSSR count). The third-order valence-corrected chi connectivity index (χ3v) is 3.58. The van der Waals surface area contributed by atoms with Crippen LogP contribution in [0.2, 0.25) is 0 Å². The van der Waals surface area contributed by atoms with Gasteiger partial charge in [0.25, 0.3) is 5.91 Å². The molecule has 9 heteroatoms. The van der Waals surface area contributed by atoms with Crippen LogP contribution in [0.15, 0.2) is 34.7 Å². The van der Waals surface area contributed by atoms with Crippen molar-refractivity contribution in [3.8, 4) is 11.5 Å². The van der Waals surface area contributed by atoms with E-state index in [1.54, 1.807) is 18.2 Å². The van der Waals surface area contributed by atoms with Gasteiger partial charge in [0, 0.05) is 0 Å². The highest BCUT2D eigenvalue weighted by Gasteiger charge is 2.27. The lowest BCUT2D eigenvalue weighted by molar-refractivity contribution is -0.402. The summed E-state index contributed by atoms with van der Waals surface area (Å²) < 4.78 is 15.3. The highest BCUT2D eigenvalue weighted by atomic mass is 16.7. The molecule has 2 heterocycles. The number of fused-ring (bicyclic) bond motifs is 1. The van der Waals surface area contributed by atoms with Gasteiger partial charge >= 0.3 is 5.88 Å². The van der Waals surface area contributed by atoms with Gasteiger partial charge in [0.15, 0.2) is 17.3 Å². The Morgan fingerprint density at radius 1 is 1.33 bits per heavy atom. The SMILES string of the molecule is CC(O)(CNC(=O)c1ccc([N+](=O)[O-])o1)c1ccc2c(c1)OCO2. The molecule has 0 saturated heterocycles. The molecule has 9 nitrogen and oxygen atoms in total. The van der Waals surface area contributed by atoms with Crippen molar-refractivity contribution < 1.29 is 28.7 Å². The number of ether oxygens (including phenoxy) is 2. The van der Waals surface area contributed by atoms with Crippen LogP contribution >= 0.6 is 0 Å². The van der Waals surface area contributed by atoms with Crippen molar-refractivity contribution in [1.82, 2.24) is 5.32 Å². The molecule has 1 aliphatic heterocycles. The molecule has 0 aliphatic carbocycles. The highest BCUT2D eigenvalue weighted by molar-refractivity contribution is 5.91. The molecule has 1 unspecified atom stereocenters. The summed E-state index contributed by atoms with van der Waals surface area (Å²) in [6, 6.07) is 7.25. The number of amides is 1. The summed E-state index contributed by atoms with van der Waals surface area (Å²) >= 11 is 0. The first-order valence-corrected chi connectivity index (χ1v) is 7.02. The van der Waals surface area contributed by atoms with Gasteiger partial charge in [-0.05, 0) is 30.7 Å². The second-order valence-corrected chi connectivity index (χ2v) is 5.42. The standard InChI is InChI=1S/C15H14N2O7/c1-15(19,9-2-3-10-12(6-9)23-8-22-10)7-16-14(18)11-4-5-13(24-11)17(20)21/h2-6,19H,7-8H2,1H3,(H,16,18). The van der Waals surface area contributed by atoms with Gasteiger partial charge < -0.3 is 24.3 Å². The number of hydrogen-bond donors (Lipinski definition) is 2. The number of carbonyl (C=O) groups is 1. The van der Waals surface area contributed by atoms with E-state index in [2.05, 4.69) is 5.32 Å². The number of benzene rings is 1. The molecule has 2 N–H and O–H groups in total. The van der Waals surface area contributed by atoms with Crippen molar-refractivity contribution in [3.05, 3.63) is 51.8 Å². The van der Waals surface area contributed by atoms with E-state index in [1.165, 1.54) is 13.0 Å². The van der Waals surface area contributed by atoms with Gasteiger partial charge in [-0.25, -0.2) is 0 Å². The van der Waals surface area contributed by atoms with Crippen LogP contribution in [0.4, 0.5) is 5.88 Å². The molecule has 0 saturated carbocycles. The average molecular weight is 334 g/mol. The number of nitro groups is 1.